The molecule has 0 saturated heterocycles. The van der Waals surface area contributed by atoms with Crippen LogP contribution in [0.15, 0.2) is 42.5 Å². The Morgan fingerprint density at radius 3 is 2.36 bits per heavy atom. The van der Waals surface area contributed by atoms with Crippen LogP contribution in [0.25, 0.3) is 6.08 Å². The molecule has 0 fully saturated rings. The van der Waals surface area contributed by atoms with Crippen molar-refractivity contribution in [2.75, 3.05) is 10.6 Å². The van der Waals surface area contributed by atoms with E-state index < -0.39 is 5.91 Å². The van der Waals surface area contributed by atoms with Gasteiger partial charge in [0.1, 0.15) is 5.75 Å². The first-order valence-corrected chi connectivity index (χ1v) is 7.53. The van der Waals surface area contributed by atoms with Crippen LogP contribution in [-0.4, -0.2) is 27.1 Å². The molecule has 2 amide bonds. The van der Waals surface area contributed by atoms with Gasteiger partial charge in [0.15, 0.2) is 11.5 Å². The summed E-state index contributed by atoms with van der Waals surface area (Å²) in [6.45, 7) is 1.68. The van der Waals surface area contributed by atoms with E-state index in [1.165, 1.54) is 48.6 Å². The van der Waals surface area contributed by atoms with Gasteiger partial charge in [-0.3, -0.25) is 9.59 Å². The average Bonchev–Trinajstić information content (AvgIpc) is 2.58. The summed E-state index contributed by atoms with van der Waals surface area (Å²) in [4.78, 5) is 23.4. The van der Waals surface area contributed by atoms with Crippen molar-refractivity contribution in [3.05, 3.63) is 48.0 Å². The zero-order chi connectivity index (χ0) is 18.4. The maximum atomic E-state index is 12.0. The second-order valence-corrected chi connectivity index (χ2v) is 5.20. The van der Waals surface area contributed by atoms with Gasteiger partial charge < -0.3 is 26.0 Å². The van der Waals surface area contributed by atoms with Gasteiger partial charge in [-0.25, -0.2) is 0 Å². The van der Waals surface area contributed by atoms with Crippen LogP contribution in [0.2, 0.25) is 0 Å². The highest BCUT2D eigenvalue weighted by Gasteiger charge is 2.07. The van der Waals surface area contributed by atoms with Gasteiger partial charge in [0, 0.05) is 18.2 Å². The fraction of sp³-hybridized carbons (Fsp3) is 0.111. The first-order chi connectivity index (χ1) is 11.9. The molecule has 130 valence electrons. The minimum atomic E-state index is -0.439. The topological polar surface area (TPSA) is 119 Å². The van der Waals surface area contributed by atoms with Crippen LogP contribution >= 0.6 is 0 Å². The number of hydrogen-bond donors (Lipinski definition) is 5. The lowest BCUT2D eigenvalue weighted by Gasteiger charge is -2.09. The van der Waals surface area contributed by atoms with E-state index in [1.54, 1.807) is 6.92 Å². The van der Waals surface area contributed by atoms with Crippen molar-refractivity contribution in [2.45, 2.75) is 13.3 Å². The van der Waals surface area contributed by atoms with Crippen LogP contribution in [-0.2, 0) is 9.59 Å². The normalized spacial score (nSPS) is 10.6. The summed E-state index contributed by atoms with van der Waals surface area (Å²) in [6.07, 6.45) is 2.98. The minimum Gasteiger partial charge on any atom is -0.506 e. The number of anilines is 2. The lowest BCUT2D eigenvalue weighted by atomic mass is 10.2. The number of nitrogens with one attached hydrogen (secondary N) is 2. The number of rotatable bonds is 5. The molecule has 0 heterocycles. The van der Waals surface area contributed by atoms with E-state index in [1.807, 2.05) is 0 Å². The molecule has 0 aliphatic rings. The van der Waals surface area contributed by atoms with Gasteiger partial charge in [-0.05, 0) is 42.0 Å². The summed E-state index contributed by atoms with van der Waals surface area (Å²) >= 11 is 0. The Morgan fingerprint density at radius 1 is 0.960 bits per heavy atom. The van der Waals surface area contributed by atoms with Crippen LogP contribution in [0.4, 0.5) is 11.4 Å². The third-order valence-electron chi connectivity index (χ3n) is 3.29. The SMILES string of the molecule is CCC(=O)Nc1cc(NC(=O)/C=C/c2ccc(O)c(O)c2)ccc1O. The fourth-order valence-electron chi connectivity index (χ4n) is 1.95. The van der Waals surface area contributed by atoms with Crippen molar-refractivity contribution >= 4 is 29.3 Å². The molecule has 25 heavy (non-hydrogen) atoms. The number of phenols is 3. The lowest BCUT2D eigenvalue weighted by Crippen LogP contribution is -2.11. The Labute approximate surface area is 144 Å². The van der Waals surface area contributed by atoms with Crippen molar-refractivity contribution < 1.29 is 24.9 Å². The fourth-order valence-corrected chi connectivity index (χ4v) is 1.95. The summed E-state index contributed by atoms with van der Waals surface area (Å²) in [5, 5.41) is 33.5. The zero-order valence-corrected chi connectivity index (χ0v) is 13.5. The molecular weight excluding hydrogens is 324 g/mol. The quantitative estimate of drug-likeness (QED) is 0.325. The van der Waals surface area contributed by atoms with Crippen molar-refractivity contribution in [2.24, 2.45) is 0 Å². The number of carbonyl (C=O) groups is 2. The second-order valence-electron chi connectivity index (χ2n) is 5.20. The maximum absolute atomic E-state index is 12.0. The predicted octanol–water partition coefficient (Wildman–Crippen LogP) is 2.80. The van der Waals surface area contributed by atoms with E-state index in [0.717, 1.165) is 0 Å². The molecule has 0 saturated carbocycles. The predicted molar refractivity (Wildman–Crippen MR) is 94.5 cm³/mol. The third kappa shape index (κ3) is 5.00. The van der Waals surface area contributed by atoms with Gasteiger partial charge in [-0.1, -0.05) is 13.0 Å². The van der Waals surface area contributed by atoms with E-state index in [2.05, 4.69) is 10.6 Å². The molecule has 2 aromatic carbocycles. The standard InChI is InChI=1S/C18H18N2O5/c1-2-17(24)20-13-10-12(5-7-14(13)21)19-18(25)8-4-11-3-6-15(22)16(23)9-11/h3-10,21-23H,2H2,1H3,(H,19,25)(H,20,24)/b8-4+. The highest BCUT2D eigenvalue weighted by atomic mass is 16.3. The molecule has 0 unspecified atom stereocenters. The van der Waals surface area contributed by atoms with E-state index in [9.17, 15) is 24.9 Å². The number of carbonyl (C=O) groups excluding carboxylic acids is 2. The summed E-state index contributed by atoms with van der Waals surface area (Å²) < 4.78 is 0. The summed E-state index contributed by atoms with van der Waals surface area (Å²) in [6, 6.07) is 8.48. The van der Waals surface area contributed by atoms with E-state index in [-0.39, 0.29) is 35.3 Å². The molecule has 0 aromatic heterocycles. The third-order valence-corrected chi connectivity index (χ3v) is 3.29. The summed E-state index contributed by atoms with van der Waals surface area (Å²) in [5.74, 6) is -1.32. The monoisotopic (exact) mass is 342 g/mol. The van der Waals surface area contributed by atoms with Gasteiger partial charge in [-0.2, -0.15) is 0 Å². The molecule has 7 nitrogen and oxygen atoms in total. The minimum absolute atomic E-state index is 0.102. The lowest BCUT2D eigenvalue weighted by molar-refractivity contribution is -0.116. The molecule has 0 spiro atoms. The number of benzene rings is 2. The van der Waals surface area contributed by atoms with Crippen LogP contribution < -0.4 is 10.6 Å². The molecule has 7 heteroatoms. The van der Waals surface area contributed by atoms with Crippen molar-refractivity contribution in [1.82, 2.24) is 0 Å². The van der Waals surface area contributed by atoms with E-state index in [4.69, 9.17) is 0 Å². The summed E-state index contributed by atoms with van der Waals surface area (Å²) in [5.41, 5.74) is 1.14. The average molecular weight is 342 g/mol. The van der Waals surface area contributed by atoms with Crippen LogP contribution in [0, 0.1) is 0 Å². The number of phenolic OH excluding ortho intramolecular Hbond substituents is 3. The van der Waals surface area contributed by atoms with Crippen LogP contribution in [0.5, 0.6) is 17.2 Å². The number of aromatic hydroxyl groups is 3. The molecule has 5 N–H and O–H groups in total. The Morgan fingerprint density at radius 2 is 1.68 bits per heavy atom. The molecule has 0 aliphatic heterocycles. The number of hydrogen-bond acceptors (Lipinski definition) is 5. The van der Waals surface area contributed by atoms with Gasteiger partial charge in [0.25, 0.3) is 0 Å². The first-order valence-electron chi connectivity index (χ1n) is 7.53. The Balaban J connectivity index is 2.07. The van der Waals surface area contributed by atoms with Crippen molar-refractivity contribution in [3.8, 4) is 17.2 Å². The van der Waals surface area contributed by atoms with Crippen LogP contribution in [0.1, 0.15) is 18.9 Å². The van der Waals surface area contributed by atoms with Gasteiger partial charge in [-0.15, -0.1) is 0 Å². The second kappa shape index (κ2) is 7.87. The summed E-state index contributed by atoms with van der Waals surface area (Å²) in [7, 11) is 0. The first kappa shape index (κ1) is 17.9. The van der Waals surface area contributed by atoms with Crippen molar-refractivity contribution in [3.63, 3.8) is 0 Å². The zero-order valence-electron chi connectivity index (χ0n) is 13.5. The molecule has 0 radical (unpaired) electrons. The Kier molecular flexibility index (Phi) is 5.62. The smallest absolute Gasteiger partial charge is 0.248 e. The largest absolute Gasteiger partial charge is 0.506 e. The molecule has 0 atom stereocenters. The highest BCUT2D eigenvalue weighted by Crippen LogP contribution is 2.27. The van der Waals surface area contributed by atoms with E-state index in [0.29, 0.717) is 11.3 Å². The molecule has 0 bridgehead atoms. The Bertz CT molecular complexity index is 830. The van der Waals surface area contributed by atoms with Crippen molar-refractivity contribution in [1.29, 1.82) is 0 Å². The highest BCUT2D eigenvalue weighted by molar-refractivity contribution is 6.02. The van der Waals surface area contributed by atoms with Gasteiger partial charge in [0.05, 0.1) is 5.69 Å². The molecule has 2 aromatic rings. The molecule has 0 aliphatic carbocycles. The Hall–Kier alpha value is -3.48. The molecular formula is C18H18N2O5. The van der Waals surface area contributed by atoms with Gasteiger partial charge in [0.2, 0.25) is 11.8 Å². The molecule has 2 rings (SSSR count). The van der Waals surface area contributed by atoms with Crippen LogP contribution in [0.3, 0.4) is 0 Å². The van der Waals surface area contributed by atoms with Gasteiger partial charge >= 0.3 is 0 Å². The number of amides is 2. The van der Waals surface area contributed by atoms with E-state index >= 15 is 0 Å². The maximum Gasteiger partial charge on any atom is 0.248 e.